The standard InChI is InChI=1S/C18H17ClF3N3O/c19-11-5-7-15(14(9-11)18(20,21)22)24-13-6-8-16(23-10-13)17(26)25-12-3-1-2-4-12/h5-10,12,24H,1-4H2,(H,25,26). The number of hydrogen-bond acceptors (Lipinski definition) is 3. The van der Waals surface area contributed by atoms with E-state index in [0.29, 0.717) is 5.69 Å². The van der Waals surface area contributed by atoms with Crippen LogP contribution in [0, 0.1) is 0 Å². The lowest BCUT2D eigenvalue weighted by Gasteiger charge is -2.15. The summed E-state index contributed by atoms with van der Waals surface area (Å²) >= 11 is 5.67. The SMILES string of the molecule is O=C(NC1CCCC1)c1ccc(Nc2ccc(Cl)cc2C(F)(F)F)cn1. The van der Waals surface area contributed by atoms with Gasteiger partial charge in [-0.25, -0.2) is 4.98 Å². The summed E-state index contributed by atoms with van der Waals surface area (Å²) in [7, 11) is 0. The molecule has 1 saturated carbocycles. The Morgan fingerprint density at radius 1 is 1.15 bits per heavy atom. The number of anilines is 2. The van der Waals surface area contributed by atoms with Gasteiger partial charge in [-0.2, -0.15) is 13.2 Å². The Balaban J connectivity index is 1.72. The van der Waals surface area contributed by atoms with E-state index in [2.05, 4.69) is 15.6 Å². The number of carbonyl (C=O) groups is 1. The van der Waals surface area contributed by atoms with Crippen molar-refractivity contribution in [1.29, 1.82) is 0 Å². The van der Waals surface area contributed by atoms with Crippen LogP contribution in [0.2, 0.25) is 5.02 Å². The molecule has 1 amide bonds. The van der Waals surface area contributed by atoms with Crippen molar-refractivity contribution >= 4 is 28.9 Å². The number of hydrogen-bond donors (Lipinski definition) is 2. The third-order valence-electron chi connectivity index (χ3n) is 4.25. The zero-order valence-corrected chi connectivity index (χ0v) is 14.5. The Bertz CT molecular complexity index is 787. The van der Waals surface area contributed by atoms with Gasteiger partial charge in [-0.3, -0.25) is 4.79 Å². The number of halogens is 4. The van der Waals surface area contributed by atoms with Crippen LogP contribution in [0.3, 0.4) is 0 Å². The first-order valence-electron chi connectivity index (χ1n) is 8.23. The number of pyridine rings is 1. The monoisotopic (exact) mass is 383 g/mol. The summed E-state index contributed by atoms with van der Waals surface area (Å²) < 4.78 is 39.4. The van der Waals surface area contributed by atoms with Gasteiger partial charge in [0.05, 0.1) is 23.1 Å². The summed E-state index contributed by atoms with van der Waals surface area (Å²) in [6, 6.07) is 6.66. The van der Waals surface area contributed by atoms with E-state index in [9.17, 15) is 18.0 Å². The van der Waals surface area contributed by atoms with Gasteiger partial charge in [0.25, 0.3) is 5.91 Å². The van der Waals surface area contributed by atoms with Crippen molar-refractivity contribution in [2.75, 3.05) is 5.32 Å². The Morgan fingerprint density at radius 2 is 1.88 bits per heavy atom. The highest BCUT2D eigenvalue weighted by Gasteiger charge is 2.33. The second-order valence-electron chi connectivity index (χ2n) is 6.20. The number of carbonyl (C=O) groups excluding carboxylic acids is 1. The van der Waals surface area contributed by atoms with Gasteiger partial charge in [-0.1, -0.05) is 24.4 Å². The normalized spacial score (nSPS) is 15.1. The number of nitrogens with zero attached hydrogens (tertiary/aromatic N) is 1. The van der Waals surface area contributed by atoms with Crippen molar-refractivity contribution in [3.05, 3.63) is 52.8 Å². The Morgan fingerprint density at radius 3 is 2.50 bits per heavy atom. The van der Waals surface area contributed by atoms with Crippen LogP contribution < -0.4 is 10.6 Å². The predicted octanol–water partition coefficient (Wildman–Crippen LogP) is 5.17. The van der Waals surface area contributed by atoms with Crippen molar-refractivity contribution < 1.29 is 18.0 Å². The Kier molecular flexibility index (Phi) is 5.36. The van der Waals surface area contributed by atoms with Crippen LogP contribution in [-0.2, 0) is 6.18 Å². The zero-order chi connectivity index (χ0) is 18.7. The average Bonchev–Trinajstić information content (AvgIpc) is 3.09. The number of alkyl halides is 3. The van der Waals surface area contributed by atoms with Crippen LogP contribution in [0.5, 0.6) is 0 Å². The van der Waals surface area contributed by atoms with Crippen molar-refractivity contribution in [2.45, 2.75) is 37.9 Å². The highest BCUT2D eigenvalue weighted by Crippen LogP contribution is 2.37. The van der Waals surface area contributed by atoms with Gasteiger partial charge >= 0.3 is 6.18 Å². The van der Waals surface area contributed by atoms with Crippen LogP contribution in [0.4, 0.5) is 24.5 Å². The van der Waals surface area contributed by atoms with Gasteiger partial charge in [0.15, 0.2) is 0 Å². The summed E-state index contributed by atoms with van der Waals surface area (Å²) in [5.41, 5.74) is -0.426. The lowest BCUT2D eigenvalue weighted by Crippen LogP contribution is -2.33. The van der Waals surface area contributed by atoms with E-state index in [1.165, 1.54) is 30.5 Å². The van der Waals surface area contributed by atoms with E-state index in [1.807, 2.05) is 0 Å². The molecule has 3 rings (SSSR count). The van der Waals surface area contributed by atoms with Crippen molar-refractivity contribution in [3.8, 4) is 0 Å². The summed E-state index contributed by atoms with van der Waals surface area (Å²) in [5, 5.41) is 5.59. The third-order valence-corrected chi connectivity index (χ3v) is 4.49. The number of aromatic nitrogens is 1. The molecule has 0 bridgehead atoms. The Labute approximate surface area is 153 Å². The fourth-order valence-electron chi connectivity index (χ4n) is 2.95. The third kappa shape index (κ3) is 4.46. The molecule has 2 N–H and O–H groups in total. The fraction of sp³-hybridized carbons (Fsp3) is 0.333. The van der Waals surface area contributed by atoms with Gasteiger partial charge in [0.1, 0.15) is 5.69 Å². The molecule has 1 aromatic carbocycles. The maximum Gasteiger partial charge on any atom is 0.418 e. The lowest BCUT2D eigenvalue weighted by atomic mass is 10.1. The summed E-state index contributed by atoms with van der Waals surface area (Å²) in [5.74, 6) is -0.272. The second kappa shape index (κ2) is 7.53. The number of amides is 1. The molecule has 0 atom stereocenters. The second-order valence-corrected chi connectivity index (χ2v) is 6.64. The summed E-state index contributed by atoms with van der Waals surface area (Å²) in [6.45, 7) is 0. The first kappa shape index (κ1) is 18.5. The molecular weight excluding hydrogens is 367 g/mol. The van der Waals surface area contributed by atoms with Crippen LogP contribution in [0.1, 0.15) is 41.7 Å². The molecule has 2 aromatic rings. The predicted molar refractivity (Wildman–Crippen MR) is 93.7 cm³/mol. The smallest absolute Gasteiger partial charge is 0.354 e. The van der Waals surface area contributed by atoms with Crippen molar-refractivity contribution in [3.63, 3.8) is 0 Å². The van der Waals surface area contributed by atoms with Crippen LogP contribution >= 0.6 is 11.6 Å². The molecular formula is C18H17ClF3N3O. The van der Waals surface area contributed by atoms with E-state index in [-0.39, 0.29) is 28.4 Å². The molecule has 1 fully saturated rings. The van der Waals surface area contributed by atoms with Gasteiger partial charge in [0.2, 0.25) is 0 Å². The maximum absolute atomic E-state index is 13.1. The molecule has 138 valence electrons. The van der Waals surface area contributed by atoms with E-state index >= 15 is 0 Å². The molecule has 1 heterocycles. The highest BCUT2D eigenvalue weighted by molar-refractivity contribution is 6.30. The van der Waals surface area contributed by atoms with E-state index in [0.717, 1.165) is 31.7 Å². The fourth-order valence-corrected chi connectivity index (χ4v) is 3.12. The van der Waals surface area contributed by atoms with Gasteiger partial charge in [-0.05, 0) is 43.2 Å². The number of benzene rings is 1. The quantitative estimate of drug-likeness (QED) is 0.765. The minimum atomic E-state index is -4.54. The van der Waals surface area contributed by atoms with Crippen LogP contribution in [0.15, 0.2) is 36.5 Å². The minimum Gasteiger partial charge on any atom is -0.354 e. The van der Waals surface area contributed by atoms with E-state index < -0.39 is 11.7 Å². The molecule has 1 aliphatic rings. The molecule has 26 heavy (non-hydrogen) atoms. The lowest BCUT2D eigenvalue weighted by molar-refractivity contribution is -0.136. The molecule has 0 aliphatic heterocycles. The van der Waals surface area contributed by atoms with Crippen LogP contribution in [-0.4, -0.2) is 16.9 Å². The molecule has 0 saturated heterocycles. The molecule has 1 aliphatic carbocycles. The van der Waals surface area contributed by atoms with Gasteiger partial charge < -0.3 is 10.6 Å². The first-order valence-corrected chi connectivity index (χ1v) is 8.61. The summed E-state index contributed by atoms with van der Waals surface area (Å²) in [4.78, 5) is 16.2. The largest absolute Gasteiger partial charge is 0.418 e. The molecule has 0 spiro atoms. The van der Waals surface area contributed by atoms with Gasteiger partial charge in [-0.15, -0.1) is 0 Å². The van der Waals surface area contributed by atoms with Crippen molar-refractivity contribution in [1.82, 2.24) is 10.3 Å². The maximum atomic E-state index is 13.1. The topological polar surface area (TPSA) is 54.0 Å². The highest BCUT2D eigenvalue weighted by atomic mass is 35.5. The summed E-state index contributed by atoms with van der Waals surface area (Å²) in [6.07, 6.45) is 0.915. The molecule has 4 nitrogen and oxygen atoms in total. The first-order chi connectivity index (χ1) is 12.3. The molecule has 0 radical (unpaired) electrons. The average molecular weight is 384 g/mol. The molecule has 0 unspecified atom stereocenters. The number of rotatable bonds is 4. The van der Waals surface area contributed by atoms with E-state index in [4.69, 9.17) is 11.6 Å². The zero-order valence-electron chi connectivity index (χ0n) is 13.7. The van der Waals surface area contributed by atoms with Gasteiger partial charge in [0, 0.05) is 11.1 Å². The Hall–Kier alpha value is -2.28. The molecule has 8 heteroatoms. The number of nitrogens with one attached hydrogen (secondary N) is 2. The van der Waals surface area contributed by atoms with Crippen molar-refractivity contribution in [2.24, 2.45) is 0 Å². The van der Waals surface area contributed by atoms with E-state index in [1.54, 1.807) is 0 Å². The van der Waals surface area contributed by atoms with Crippen LogP contribution in [0.25, 0.3) is 0 Å². The minimum absolute atomic E-state index is 0.0000632. The molecule has 1 aromatic heterocycles.